The number of hydrogen-bond acceptors (Lipinski definition) is 3. The number of rotatable bonds is 6. The molecule has 2 saturated carbocycles. The van der Waals surface area contributed by atoms with Crippen LogP contribution in [0.2, 0.25) is 0 Å². The maximum Gasteiger partial charge on any atom is 0.0628 e. The number of nitrogens with one attached hydrogen (secondary N) is 1. The van der Waals surface area contributed by atoms with Gasteiger partial charge in [0.2, 0.25) is 0 Å². The lowest BCUT2D eigenvalue weighted by atomic mass is 9.92. The Morgan fingerprint density at radius 1 is 1.24 bits per heavy atom. The summed E-state index contributed by atoms with van der Waals surface area (Å²) in [6.45, 7) is 4.93. The molecule has 0 aromatic heterocycles. The van der Waals surface area contributed by atoms with Crippen molar-refractivity contribution in [3.8, 4) is 0 Å². The summed E-state index contributed by atoms with van der Waals surface area (Å²) >= 11 is 0. The van der Waals surface area contributed by atoms with Gasteiger partial charge in [-0.2, -0.15) is 0 Å². The molecule has 98 valence electrons. The van der Waals surface area contributed by atoms with Gasteiger partial charge in [0.25, 0.3) is 0 Å². The molecule has 17 heavy (non-hydrogen) atoms. The fraction of sp³-hybridized carbons (Fsp3) is 1.00. The Morgan fingerprint density at radius 2 is 2.00 bits per heavy atom. The molecule has 3 aliphatic rings. The van der Waals surface area contributed by atoms with Gasteiger partial charge in [-0.05, 0) is 57.9 Å². The Balaban J connectivity index is 1.67. The molecule has 0 bridgehead atoms. The van der Waals surface area contributed by atoms with Gasteiger partial charge in [0.15, 0.2) is 0 Å². The van der Waals surface area contributed by atoms with E-state index in [1.807, 2.05) is 0 Å². The summed E-state index contributed by atoms with van der Waals surface area (Å²) in [5.74, 6) is 0.723. The van der Waals surface area contributed by atoms with Gasteiger partial charge < -0.3 is 10.4 Å². The molecule has 0 spiro atoms. The second-order valence-electron chi connectivity index (χ2n) is 6.47. The number of likely N-dealkylation sites (tertiary alicyclic amines) is 1. The smallest absolute Gasteiger partial charge is 0.0628 e. The average Bonchev–Trinajstić information content (AvgIpc) is 3.21. The highest BCUT2D eigenvalue weighted by atomic mass is 16.3. The van der Waals surface area contributed by atoms with E-state index in [9.17, 15) is 5.11 Å². The van der Waals surface area contributed by atoms with Crippen LogP contribution < -0.4 is 5.32 Å². The lowest BCUT2D eigenvalue weighted by molar-refractivity contribution is 0.0861. The van der Waals surface area contributed by atoms with Crippen LogP contribution in [0.4, 0.5) is 0 Å². The zero-order valence-electron chi connectivity index (χ0n) is 11.0. The molecular formula is C14H26N2O. The van der Waals surface area contributed by atoms with Gasteiger partial charge in [0.1, 0.15) is 0 Å². The predicted octanol–water partition coefficient (Wildman–Crippen LogP) is 1.36. The summed E-state index contributed by atoms with van der Waals surface area (Å²) in [5, 5.41) is 13.7. The Labute approximate surface area is 105 Å². The fourth-order valence-electron chi connectivity index (χ4n) is 3.38. The minimum atomic E-state index is 0.0137. The van der Waals surface area contributed by atoms with E-state index < -0.39 is 0 Å². The van der Waals surface area contributed by atoms with Crippen molar-refractivity contribution in [2.75, 3.05) is 19.7 Å². The van der Waals surface area contributed by atoms with Crippen molar-refractivity contribution in [3.63, 3.8) is 0 Å². The predicted molar refractivity (Wildman–Crippen MR) is 69.0 cm³/mol. The van der Waals surface area contributed by atoms with Crippen molar-refractivity contribution in [3.05, 3.63) is 0 Å². The SMILES string of the molecule is CC1CCCN1CC(CO)(NC1CC1)C1CC1. The van der Waals surface area contributed by atoms with E-state index in [0.29, 0.717) is 18.7 Å². The van der Waals surface area contributed by atoms with E-state index >= 15 is 0 Å². The first-order valence-corrected chi connectivity index (χ1v) is 7.36. The normalized spacial score (nSPS) is 33.9. The molecule has 0 aromatic rings. The molecule has 2 N–H and O–H groups in total. The molecule has 0 aromatic carbocycles. The van der Waals surface area contributed by atoms with Crippen LogP contribution in [0.3, 0.4) is 0 Å². The van der Waals surface area contributed by atoms with Crippen LogP contribution in [0.15, 0.2) is 0 Å². The molecular weight excluding hydrogens is 212 g/mol. The number of hydrogen-bond donors (Lipinski definition) is 2. The highest BCUT2D eigenvalue weighted by Crippen LogP contribution is 2.42. The van der Waals surface area contributed by atoms with E-state index in [1.165, 1.54) is 45.1 Å². The fourth-order valence-corrected chi connectivity index (χ4v) is 3.38. The second-order valence-corrected chi connectivity index (χ2v) is 6.47. The quantitative estimate of drug-likeness (QED) is 0.733. The monoisotopic (exact) mass is 238 g/mol. The van der Waals surface area contributed by atoms with Gasteiger partial charge in [0.05, 0.1) is 12.1 Å². The van der Waals surface area contributed by atoms with Crippen molar-refractivity contribution >= 4 is 0 Å². The minimum Gasteiger partial charge on any atom is -0.394 e. The van der Waals surface area contributed by atoms with Gasteiger partial charge >= 0.3 is 0 Å². The Hall–Kier alpha value is -0.120. The van der Waals surface area contributed by atoms with Gasteiger partial charge in [-0.25, -0.2) is 0 Å². The Bertz CT molecular complexity index is 275. The van der Waals surface area contributed by atoms with E-state index in [0.717, 1.165) is 12.5 Å². The summed E-state index contributed by atoms with van der Waals surface area (Å²) < 4.78 is 0. The minimum absolute atomic E-state index is 0.0137. The molecule has 3 heteroatoms. The Morgan fingerprint density at radius 3 is 2.47 bits per heavy atom. The zero-order chi connectivity index (χ0) is 11.9. The Kier molecular flexibility index (Phi) is 3.18. The first-order valence-electron chi connectivity index (χ1n) is 7.36. The number of aliphatic hydroxyl groups is 1. The van der Waals surface area contributed by atoms with Gasteiger partial charge in [-0.3, -0.25) is 4.90 Å². The lowest BCUT2D eigenvalue weighted by Crippen LogP contribution is -2.59. The summed E-state index contributed by atoms with van der Waals surface area (Å²) in [5.41, 5.74) is 0.0137. The van der Waals surface area contributed by atoms with Crippen LogP contribution in [0.5, 0.6) is 0 Å². The summed E-state index contributed by atoms with van der Waals surface area (Å²) in [6.07, 6.45) is 7.89. The third-order valence-corrected chi connectivity index (χ3v) is 4.89. The van der Waals surface area contributed by atoms with Crippen molar-refractivity contribution < 1.29 is 5.11 Å². The summed E-state index contributed by atoms with van der Waals surface area (Å²) in [4.78, 5) is 2.59. The molecule has 3 nitrogen and oxygen atoms in total. The highest BCUT2D eigenvalue weighted by Gasteiger charge is 2.48. The lowest BCUT2D eigenvalue weighted by Gasteiger charge is -2.39. The number of nitrogens with zero attached hydrogens (tertiary/aromatic N) is 1. The molecule has 1 aliphatic heterocycles. The largest absolute Gasteiger partial charge is 0.394 e. The molecule has 0 amide bonds. The van der Waals surface area contributed by atoms with Crippen LogP contribution in [-0.2, 0) is 0 Å². The van der Waals surface area contributed by atoms with Crippen molar-refractivity contribution in [2.45, 2.75) is 63.1 Å². The average molecular weight is 238 g/mol. The topological polar surface area (TPSA) is 35.5 Å². The first-order chi connectivity index (χ1) is 8.23. The van der Waals surface area contributed by atoms with Gasteiger partial charge in [-0.1, -0.05) is 0 Å². The molecule has 2 unspecified atom stereocenters. The van der Waals surface area contributed by atoms with Gasteiger partial charge in [0, 0.05) is 18.6 Å². The standard InChI is InChI=1S/C14H26N2O/c1-11-3-2-8-16(11)9-14(10-17,12-4-5-12)15-13-6-7-13/h11-13,15,17H,2-10H2,1H3. The highest BCUT2D eigenvalue weighted by molar-refractivity contribution is 5.06. The zero-order valence-corrected chi connectivity index (χ0v) is 11.0. The molecule has 1 heterocycles. The third-order valence-electron chi connectivity index (χ3n) is 4.89. The van der Waals surface area contributed by atoms with Crippen LogP contribution >= 0.6 is 0 Å². The summed E-state index contributed by atoms with van der Waals surface area (Å²) in [6, 6.07) is 1.40. The first kappa shape index (κ1) is 11.9. The number of aliphatic hydroxyl groups excluding tert-OH is 1. The van der Waals surface area contributed by atoms with Crippen molar-refractivity contribution in [1.82, 2.24) is 10.2 Å². The molecule has 3 fully saturated rings. The maximum absolute atomic E-state index is 9.92. The van der Waals surface area contributed by atoms with Crippen LogP contribution in [0.25, 0.3) is 0 Å². The van der Waals surface area contributed by atoms with Crippen molar-refractivity contribution in [2.24, 2.45) is 5.92 Å². The van der Waals surface area contributed by atoms with E-state index in [2.05, 4.69) is 17.1 Å². The third kappa shape index (κ3) is 2.51. The maximum atomic E-state index is 9.92. The molecule has 2 aliphatic carbocycles. The molecule has 0 radical (unpaired) electrons. The van der Waals surface area contributed by atoms with Crippen LogP contribution in [0, 0.1) is 5.92 Å². The second kappa shape index (κ2) is 4.52. The van der Waals surface area contributed by atoms with E-state index in [4.69, 9.17) is 0 Å². The molecule has 2 atom stereocenters. The summed E-state index contributed by atoms with van der Waals surface area (Å²) in [7, 11) is 0. The van der Waals surface area contributed by atoms with E-state index in [-0.39, 0.29) is 5.54 Å². The van der Waals surface area contributed by atoms with Crippen LogP contribution in [0.1, 0.15) is 45.4 Å². The van der Waals surface area contributed by atoms with Crippen LogP contribution in [-0.4, -0.2) is 47.3 Å². The molecule has 1 saturated heterocycles. The van der Waals surface area contributed by atoms with Crippen molar-refractivity contribution in [1.29, 1.82) is 0 Å². The van der Waals surface area contributed by atoms with Gasteiger partial charge in [-0.15, -0.1) is 0 Å². The van der Waals surface area contributed by atoms with E-state index in [1.54, 1.807) is 0 Å². The molecule has 3 rings (SSSR count).